The Labute approximate surface area is 210 Å². The van der Waals surface area contributed by atoms with Gasteiger partial charge in [-0.05, 0) is 60.2 Å². The molecule has 1 saturated carbocycles. The van der Waals surface area contributed by atoms with E-state index in [9.17, 15) is 14.3 Å². The predicted molar refractivity (Wildman–Crippen MR) is 137 cm³/mol. The van der Waals surface area contributed by atoms with Crippen molar-refractivity contribution in [1.29, 1.82) is 0 Å². The summed E-state index contributed by atoms with van der Waals surface area (Å²) >= 11 is 0. The van der Waals surface area contributed by atoms with E-state index in [0.29, 0.717) is 28.7 Å². The van der Waals surface area contributed by atoms with Crippen molar-refractivity contribution in [2.75, 3.05) is 5.32 Å². The van der Waals surface area contributed by atoms with Crippen LogP contribution in [0.25, 0.3) is 22.9 Å². The van der Waals surface area contributed by atoms with Gasteiger partial charge >= 0.3 is 5.69 Å². The van der Waals surface area contributed by atoms with E-state index in [1.54, 1.807) is 28.9 Å². The molecule has 1 aliphatic carbocycles. The minimum Gasteiger partial charge on any atom is -0.493 e. The van der Waals surface area contributed by atoms with Crippen LogP contribution in [0.3, 0.4) is 0 Å². The van der Waals surface area contributed by atoms with Gasteiger partial charge in [-0.15, -0.1) is 0 Å². The highest BCUT2D eigenvalue weighted by Crippen LogP contribution is 2.28. The van der Waals surface area contributed by atoms with Gasteiger partial charge in [0, 0.05) is 17.8 Å². The van der Waals surface area contributed by atoms with Crippen LogP contribution in [-0.4, -0.2) is 35.7 Å². The first kappa shape index (κ1) is 22.7. The van der Waals surface area contributed by atoms with Crippen molar-refractivity contribution in [2.24, 2.45) is 4.99 Å². The lowest BCUT2D eigenvalue weighted by molar-refractivity contribution is 0.454. The van der Waals surface area contributed by atoms with Gasteiger partial charge in [-0.1, -0.05) is 30.3 Å². The first-order valence-corrected chi connectivity index (χ1v) is 12.0. The molecule has 0 aliphatic heterocycles. The molecule has 3 aromatic heterocycles. The Kier molecular flexibility index (Phi) is 5.56. The number of aromatic hydroxyl groups is 1. The summed E-state index contributed by atoms with van der Waals surface area (Å²) in [7, 11) is 0. The van der Waals surface area contributed by atoms with E-state index < -0.39 is 5.69 Å². The van der Waals surface area contributed by atoms with Crippen molar-refractivity contribution >= 4 is 17.5 Å². The van der Waals surface area contributed by atoms with Gasteiger partial charge in [0.2, 0.25) is 5.88 Å². The summed E-state index contributed by atoms with van der Waals surface area (Å²) in [5, 5.41) is 18.4. The molecule has 1 fully saturated rings. The zero-order chi connectivity index (χ0) is 25.5. The Bertz CT molecular complexity index is 1810. The largest absolute Gasteiger partial charge is 0.493 e. The molecule has 9 nitrogen and oxygen atoms in total. The average molecular weight is 498 g/mol. The lowest BCUT2D eigenvalue weighted by Gasteiger charge is -2.14. The van der Waals surface area contributed by atoms with E-state index in [-0.39, 0.29) is 23.4 Å². The van der Waals surface area contributed by atoms with E-state index in [1.807, 2.05) is 37.3 Å². The van der Waals surface area contributed by atoms with Gasteiger partial charge in [-0.25, -0.2) is 14.2 Å². The molecule has 0 unspecified atom stereocenters. The summed E-state index contributed by atoms with van der Waals surface area (Å²) in [6.45, 7) is 2.42. The van der Waals surface area contributed by atoms with Crippen LogP contribution >= 0.6 is 0 Å². The zero-order valence-electron chi connectivity index (χ0n) is 20.0. The zero-order valence-corrected chi connectivity index (χ0v) is 20.0. The number of anilines is 1. The molecule has 0 bridgehead atoms. The predicted octanol–water partition coefficient (Wildman–Crippen LogP) is 2.79. The molecule has 37 heavy (non-hydrogen) atoms. The maximum atomic E-state index is 14.2. The highest BCUT2D eigenvalue weighted by molar-refractivity contribution is 5.71. The number of aryl methyl sites for hydroxylation is 1. The Balaban J connectivity index is 1.41. The first-order chi connectivity index (χ1) is 17.9. The molecule has 0 saturated heterocycles. The fraction of sp³-hybridized carbons (Fsp3) is 0.185. The second kappa shape index (κ2) is 9.05. The quantitative estimate of drug-likeness (QED) is 0.287. The SMILES string of the molecule is Cc1ccccc1-c1cc(F)ccc1CNc1cc(=NC2CC2)n2ncc(=Cc3[nH]c(=O)[nH]c3O)c2n1. The summed E-state index contributed by atoms with van der Waals surface area (Å²) in [5.74, 6) is 0.0213. The molecule has 4 N–H and O–H groups in total. The van der Waals surface area contributed by atoms with Crippen LogP contribution in [0.4, 0.5) is 10.2 Å². The molecular formula is C27H24FN7O2. The van der Waals surface area contributed by atoms with Crippen molar-refractivity contribution in [2.45, 2.75) is 32.4 Å². The molecule has 1 aliphatic rings. The molecule has 10 heteroatoms. The summed E-state index contributed by atoms with van der Waals surface area (Å²) in [5.41, 5.74) is 4.67. The number of aromatic amines is 2. The number of hydrogen-bond donors (Lipinski definition) is 4. The number of benzene rings is 2. The van der Waals surface area contributed by atoms with Gasteiger partial charge in [0.25, 0.3) is 0 Å². The fourth-order valence-corrected chi connectivity index (χ4v) is 4.30. The van der Waals surface area contributed by atoms with E-state index in [1.165, 1.54) is 6.07 Å². The lowest BCUT2D eigenvalue weighted by Crippen LogP contribution is -2.20. The first-order valence-electron chi connectivity index (χ1n) is 12.0. The van der Waals surface area contributed by atoms with Crippen molar-refractivity contribution in [3.8, 4) is 17.0 Å². The molecule has 0 radical (unpaired) electrons. The number of H-pyrrole nitrogens is 2. The Morgan fingerprint density at radius 1 is 1.19 bits per heavy atom. The maximum absolute atomic E-state index is 14.2. The van der Waals surface area contributed by atoms with Crippen molar-refractivity contribution < 1.29 is 9.50 Å². The third kappa shape index (κ3) is 4.61. The number of rotatable bonds is 6. The van der Waals surface area contributed by atoms with Gasteiger partial charge in [0.1, 0.15) is 17.3 Å². The smallest absolute Gasteiger partial charge is 0.326 e. The fourth-order valence-electron chi connectivity index (χ4n) is 4.30. The van der Waals surface area contributed by atoms with E-state index in [0.717, 1.165) is 35.1 Å². The van der Waals surface area contributed by atoms with Crippen LogP contribution in [0.2, 0.25) is 0 Å². The Hall–Kier alpha value is -4.73. The van der Waals surface area contributed by atoms with Gasteiger partial charge in [0.05, 0.1) is 12.2 Å². The van der Waals surface area contributed by atoms with Crippen molar-refractivity contribution in [3.63, 3.8) is 0 Å². The van der Waals surface area contributed by atoms with Crippen LogP contribution in [-0.2, 0) is 6.54 Å². The van der Waals surface area contributed by atoms with Crippen LogP contribution in [0.15, 0.2) is 64.5 Å². The number of halogens is 1. The number of nitrogens with zero attached hydrogens (tertiary/aromatic N) is 4. The summed E-state index contributed by atoms with van der Waals surface area (Å²) in [6.07, 6.45) is 5.27. The molecular weight excluding hydrogens is 473 g/mol. The number of imidazole rings is 1. The molecule has 0 amide bonds. The standard InChI is InChI=1S/C27H24FN7O2/c1-15-4-2-3-5-20(15)21-11-18(28)7-6-16(21)13-29-23-12-24(31-19-8-9-19)35-25(33-23)17(14-30-35)10-22-26(36)34-27(37)32-22/h2-7,10-12,14,19,29,36H,8-9,13H2,1H3,(H2,32,34,37). The summed E-state index contributed by atoms with van der Waals surface area (Å²) < 4.78 is 15.8. The van der Waals surface area contributed by atoms with Crippen LogP contribution in [0, 0.1) is 12.7 Å². The molecule has 6 rings (SSSR count). The number of fused-ring (bicyclic) bond motifs is 1. The normalized spacial score (nSPS) is 14.5. The average Bonchev–Trinajstić information content (AvgIpc) is 3.51. The van der Waals surface area contributed by atoms with Gasteiger partial charge in [-0.3, -0.25) is 9.98 Å². The monoisotopic (exact) mass is 497 g/mol. The van der Waals surface area contributed by atoms with Gasteiger partial charge in [0.15, 0.2) is 11.1 Å². The summed E-state index contributed by atoms with van der Waals surface area (Å²) in [6, 6.07) is 14.8. The molecule has 3 heterocycles. The topological polar surface area (TPSA) is 123 Å². The minimum atomic E-state index is -0.510. The summed E-state index contributed by atoms with van der Waals surface area (Å²) in [4.78, 5) is 25.9. The van der Waals surface area contributed by atoms with Gasteiger partial charge in [-0.2, -0.15) is 9.61 Å². The third-order valence-electron chi connectivity index (χ3n) is 6.34. The van der Waals surface area contributed by atoms with Crippen LogP contribution in [0.5, 0.6) is 5.88 Å². The molecule has 2 aromatic carbocycles. The Morgan fingerprint density at radius 2 is 2.03 bits per heavy atom. The minimum absolute atomic E-state index is 0.231. The van der Waals surface area contributed by atoms with Crippen LogP contribution < -0.4 is 21.7 Å². The Morgan fingerprint density at radius 3 is 2.78 bits per heavy atom. The third-order valence-corrected chi connectivity index (χ3v) is 6.34. The van der Waals surface area contributed by atoms with Crippen molar-refractivity contribution in [1.82, 2.24) is 24.6 Å². The molecule has 0 spiro atoms. The lowest BCUT2D eigenvalue weighted by atomic mass is 9.96. The molecule has 5 aromatic rings. The second-order valence-corrected chi connectivity index (χ2v) is 9.15. The number of aromatic nitrogens is 5. The number of nitrogens with one attached hydrogen (secondary N) is 3. The van der Waals surface area contributed by atoms with Crippen LogP contribution in [0.1, 0.15) is 29.7 Å². The number of hydrogen-bond acceptors (Lipinski definition) is 6. The highest BCUT2D eigenvalue weighted by Gasteiger charge is 2.20. The van der Waals surface area contributed by atoms with Crippen molar-refractivity contribution in [3.05, 3.63) is 98.6 Å². The van der Waals surface area contributed by atoms with E-state index in [4.69, 9.17) is 9.98 Å². The van der Waals surface area contributed by atoms with E-state index in [2.05, 4.69) is 20.4 Å². The maximum Gasteiger partial charge on any atom is 0.326 e. The van der Waals surface area contributed by atoms with E-state index >= 15 is 0 Å². The highest BCUT2D eigenvalue weighted by atomic mass is 19.1. The van der Waals surface area contributed by atoms with Gasteiger partial charge < -0.3 is 15.4 Å². The second-order valence-electron chi connectivity index (χ2n) is 9.15. The molecule has 0 atom stereocenters. The molecule has 186 valence electrons.